The third-order valence-corrected chi connectivity index (χ3v) is 6.00. The van der Waals surface area contributed by atoms with E-state index in [-0.39, 0.29) is 5.91 Å². The van der Waals surface area contributed by atoms with Crippen molar-refractivity contribution in [2.75, 3.05) is 6.54 Å². The maximum atomic E-state index is 12.3. The zero-order valence-corrected chi connectivity index (χ0v) is 15.9. The van der Waals surface area contributed by atoms with Crippen molar-refractivity contribution in [2.24, 2.45) is 17.8 Å². The van der Waals surface area contributed by atoms with Crippen LogP contribution < -0.4 is 5.32 Å². The highest BCUT2D eigenvalue weighted by molar-refractivity contribution is 7.98. The Hall–Kier alpha value is -2.08. The molecule has 2 aliphatic rings. The summed E-state index contributed by atoms with van der Waals surface area (Å²) in [5.41, 5.74) is 1.91. The maximum Gasteiger partial charge on any atom is 0.287 e. The van der Waals surface area contributed by atoms with Crippen LogP contribution in [0.2, 0.25) is 0 Å². The monoisotopic (exact) mass is 369 g/mol. The van der Waals surface area contributed by atoms with Crippen molar-refractivity contribution in [3.63, 3.8) is 0 Å². The van der Waals surface area contributed by atoms with Crippen molar-refractivity contribution in [3.8, 4) is 0 Å². The number of hydrogen-bond donors (Lipinski definition) is 1. The number of aryl methyl sites for hydroxylation is 2. The van der Waals surface area contributed by atoms with Crippen LogP contribution in [0.15, 0.2) is 39.9 Å². The van der Waals surface area contributed by atoms with Crippen molar-refractivity contribution in [3.05, 3.63) is 53.3 Å². The van der Waals surface area contributed by atoms with Crippen LogP contribution in [0.4, 0.5) is 0 Å². The van der Waals surface area contributed by atoms with Gasteiger partial charge in [-0.05, 0) is 62.6 Å². The minimum absolute atomic E-state index is 0.129. The van der Waals surface area contributed by atoms with Crippen LogP contribution in [0, 0.1) is 31.6 Å². The first-order valence-corrected chi connectivity index (χ1v) is 10.1. The van der Waals surface area contributed by atoms with Crippen molar-refractivity contribution >= 4 is 17.7 Å². The summed E-state index contributed by atoms with van der Waals surface area (Å²) in [6, 6.07) is 5.55. The molecule has 2 heterocycles. The van der Waals surface area contributed by atoms with Crippen LogP contribution in [0.1, 0.15) is 40.5 Å². The van der Waals surface area contributed by atoms with Gasteiger partial charge < -0.3 is 9.73 Å². The lowest BCUT2D eigenvalue weighted by atomic mass is 9.93. The van der Waals surface area contributed by atoms with Crippen LogP contribution in [-0.4, -0.2) is 22.4 Å². The summed E-state index contributed by atoms with van der Waals surface area (Å²) < 4.78 is 5.70. The second kappa shape index (κ2) is 7.27. The number of amides is 1. The molecule has 4 rings (SSSR count). The number of allylic oxidation sites excluding steroid dienone is 2. The predicted molar refractivity (Wildman–Crippen MR) is 101 cm³/mol. The minimum Gasteiger partial charge on any atom is -0.455 e. The molecule has 6 heteroatoms. The summed E-state index contributed by atoms with van der Waals surface area (Å²) in [6.45, 7) is 4.64. The number of aromatic nitrogens is 2. The number of nitrogens with zero attached hydrogens (tertiary/aromatic N) is 2. The predicted octanol–water partition coefficient (Wildman–Crippen LogP) is 3.92. The molecule has 0 radical (unpaired) electrons. The first-order valence-electron chi connectivity index (χ1n) is 9.07. The average molecular weight is 369 g/mol. The van der Waals surface area contributed by atoms with Crippen molar-refractivity contribution in [2.45, 2.75) is 37.6 Å². The quantitative estimate of drug-likeness (QED) is 0.475. The lowest BCUT2D eigenvalue weighted by Gasteiger charge is -2.17. The van der Waals surface area contributed by atoms with E-state index in [9.17, 15) is 4.79 Å². The Morgan fingerprint density at radius 1 is 1.23 bits per heavy atom. The Morgan fingerprint density at radius 2 is 2.04 bits per heavy atom. The van der Waals surface area contributed by atoms with Crippen molar-refractivity contribution in [1.82, 2.24) is 15.3 Å². The minimum atomic E-state index is -0.129. The van der Waals surface area contributed by atoms with Gasteiger partial charge in [0.25, 0.3) is 5.91 Å². The number of carbonyl (C=O) groups excluding carboxylic acids is 1. The van der Waals surface area contributed by atoms with Gasteiger partial charge in [-0.15, -0.1) is 0 Å². The Balaban J connectivity index is 1.29. The van der Waals surface area contributed by atoms with Crippen LogP contribution in [0.5, 0.6) is 0 Å². The second-order valence-corrected chi connectivity index (χ2v) is 8.18. The SMILES string of the molecule is Cc1cc(C)nc(SCc2ccc(C(=O)NC[C@@H]3C[C@@H]4C=C[C@H]3C4)o2)n1. The maximum absolute atomic E-state index is 12.3. The molecule has 5 nitrogen and oxygen atoms in total. The Morgan fingerprint density at radius 3 is 2.73 bits per heavy atom. The largest absolute Gasteiger partial charge is 0.455 e. The van der Waals surface area contributed by atoms with Gasteiger partial charge in [-0.2, -0.15) is 0 Å². The van der Waals surface area contributed by atoms with Gasteiger partial charge in [0.15, 0.2) is 10.9 Å². The van der Waals surface area contributed by atoms with E-state index in [0.717, 1.165) is 34.8 Å². The van der Waals surface area contributed by atoms with Gasteiger partial charge in [-0.1, -0.05) is 23.9 Å². The zero-order chi connectivity index (χ0) is 18.1. The lowest BCUT2D eigenvalue weighted by molar-refractivity contribution is 0.0916. The fraction of sp³-hybridized carbons (Fsp3) is 0.450. The van der Waals surface area contributed by atoms with Gasteiger partial charge in [0.1, 0.15) is 5.76 Å². The van der Waals surface area contributed by atoms with E-state index in [4.69, 9.17) is 4.42 Å². The van der Waals surface area contributed by atoms with Gasteiger partial charge in [0.2, 0.25) is 0 Å². The molecule has 1 N–H and O–H groups in total. The van der Waals surface area contributed by atoms with Crippen LogP contribution >= 0.6 is 11.8 Å². The molecule has 0 spiro atoms. The molecule has 136 valence electrons. The van der Waals surface area contributed by atoms with Gasteiger partial charge in [-0.3, -0.25) is 4.79 Å². The molecular formula is C20H23N3O2S. The molecule has 3 atom stereocenters. The average Bonchev–Trinajstić information content (AvgIpc) is 3.33. The number of carbonyl (C=O) groups is 1. The number of fused-ring (bicyclic) bond motifs is 2. The number of nitrogens with one attached hydrogen (secondary N) is 1. The molecule has 26 heavy (non-hydrogen) atoms. The number of thioether (sulfide) groups is 1. The lowest BCUT2D eigenvalue weighted by Crippen LogP contribution is -2.30. The van der Waals surface area contributed by atoms with E-state index < -0.39 is 0 Å². The fourth-order valence-electron chi connectivity index (χ4n) is 3.91. The summed E-state index contributed by atoms with van der Waals surface area (Å²) in [7, 11) is 0. The highest BCUT2D eigenvalue weighted by atomic mass is 32.2. The summed E-state index contributed by atoms with van der Waals surface area (Å²) in [5, 5.41) is 3.76. The molecule has 0 aromatic carbocycles. The van der Waals surface area contributed by atoms with E-state index in [0.29, 0.717) is 23.3 Å². The van der Waals surface area contributed by atoms with E-state index in [1.165, 1.54) is 24.6 Å². The molecule has 0 unspecified atom stereocenters. The molecule has 1 fully saturated rings. The zero-order valence-electron chi connectivity index (χ0n) is 15.1. The van der Waals surface area contributed by atoms with E-state index in [1.54, 1.807) is 6.07 Å². The molecule has 1 saturated carbocycles. The first-order chi connectivity index (χ1) is 12.6. The molecule has 2 bridgehead atoms. The Kier molecular flexibility index (Phi) is 4.85. The van der Waals surface area contributed by atoms with E-state index in [2.05, 4.69) is 27.4 Å². The van der Waals surface area contributed by atoms with Gasteiger partial charge >= 0.3 is 0 Å². The Bertz CT molecular complexity index is 825. The summed E-state index contributed by atoms with van der Waals surface area (Å²) in [5.74, 6) is 3.54. The topological polar surface area (TPSA) is 68.0 Å². The number of rotatable bonds is 6. The van der Waals surface area contributed by atoms with Crippen LogP contribution in [-0.2, 0) is 5.75 Å². The number of hydrogen-bond acceptors (Lipinski definition) is 5. The standard InChI is InChI=1S/C20H23N3O2S/c1-12-7-13(2)23-20(22-12)26-11-17-5-6-18(25-17)19(24)21-10-16-9-14-3-4-15(16)8-14/h3-7,14-16H,8-11H2,1-2H3,(H,21,24)/t14-,15+,16+/m1/s1. The van der Waals surface area contributed by atoms with Crippen LogP contribution in [0.25, 0.3) is 0 Å². The summed E-state index contributed by atoms with van der Waals surface area (Å²) >= 11 is 1.51. The molecular weight excluding hydrogens is 346 g/mol. The molecule has 0 aliphatic heterocycles. The second-order valence-electron chi connectivity index (χ2n) is 7.24. The fourth-order valence-corrected chi connectivity index (χ4v) is 4.76. The van der Waals surface area contributed by atoms with Crippen molar-refractivity contribution in [1.29, 1.82) is 0 Å². The molecule has 2 aromatic heterocycles. The van der Waals surface area contributed by atoms with Gasteiger partial charge in [0.05, 0.1) is 5.75 Å². The highest BCUT2D eigenvalue weighted by Crippen LogP contribution is 2.42. The van der Waals surface area contributed by atoms with E-state index >= 15 is 0 Å². The Labute approximate surface area is 157 Å². The first kappa shape index (κ1) is 17.3. The van der Waals surface area contributed by atoms with Gasteiger partial charge in [0, 0.05) is 17.9 Å². The summed E-state index contributed by atoms with van der Waals surface area (Å²) in [4.78, 5) is 21.1. The number of furan rings is 1. The van der Waals surface area contributed by atoms with Crippen LogP contribution in [0.3, 0.4) is 0 Å². The molecule has 2 aliphatic carbocycles. The smallest absolute Gasteiger partial charge is 0.287 e. The third kappa shape index (κ3) is 3.85. The normalized spacial score (nSPS) is 23.5. The van der Waals surface area contributed by atoms with Crippen molar-refractivity contribution < 1.29 is 9.21 Å². The summed E-state index contributed by atoms with van der Waals surface area (Å²) in [6.07, 6.45) is 7.07. The molecule has 2 aromatic rings. The molecule has 0 saturated heterocycles. The van der Waals surface area contributed by atoms with Gasteiger partial charge in [-0.25, -0.2) is 9.97 Å². The van der Waals surface area contributed by atoms with E-state index in [1.807, 2.05) is 26.0 Å². The highest BCUT2D eigenvalue weighted by Gasteiger charge is 2.35. The molecule has 1 amide bonds. The third-order valence-electron chi connectivity index (χ3n) is 5.13.